The Balaban J connectivity index is 1.63. The molecule has 1 fully saturated rings. The molecule has 4 nitrogen and oxygen atoms in total. The summed E-state index contributed by atoms with van der Waals surface area (Å²) in [7, 11) is 2.14. The van der Waals surface area contributed by atoms with Crippen LogP contribution in [0.5, 0.6) is 0 Å². The van der Waals surface area contributed by atoms with Crippen molar-refractivity contribution in [3.63, 3.8) is 0 Å². The van der Waals surface area contributed by atoms with Gasteiger partial charge in [0.1, 0.15) is 5.82 Å². The molecule has 2 heterocycles. The lowest BCUT2D eigenvalue weighted by Gasteiger charge is -2.38. The van der Waals surface area contributed by atoms with Crippen molar-refractivity contribution in [2.45, 2.75) is 64.0 Å². The van der Waals surface area contributed by atoms with Gasteiger partial charge in [-0.1, -0.05) is 31.5 Å². The average molecular weight is 310 g/mol. The van der Waals surface area contributed by atoms with Crippen molar-refractivity contribution in [1.29, 1.82) is 0 Å². The zero-order valence-electron chi connectivity index (χ0n) is 14.2. The summed E-state index contributed by atoms with van der Waals surface area (Å²) in [5, 5.41) is 9.02. The molecule has 4 heteroatoms. The molecule has 1 aliphatic carbocycles. The van der Waals surface area contributed by atoms with Crippen LogP contribution in [0.25, 0.3) is 0 Å². The lowest BCUT2D eigenvalue weighted by atomic mass is 9.85. The lowest BCUT2D eigenvalue weighted by Crippen LogP contribution is -2.39. The predicted molar refractivity (Wildman–Crippen MR) is 92.6 cm³/mol. The van der Waals surface area contributed by atoms with Crippen LogP contribution in [0.1, 0.15) is 62.2 Å². The summed E-state index contributed by atoms with van der Waals surface area (Å²) in [6.45, 7) is 3.16. The van der Waals surface area contributed by atoms with Crippen LogP contribution in [0.3, 0.4) is 0 Å². The molecule has 2 aromatic rings. The fourth-order valence-electron chi connectivity index (χ4n) is 4.00. The van der Waals surface area contributed by atoms with Crippen LogP contribution in [0, 0.1) is 0 Å². The van der Waals surface area contributed by atoms with Crippen LogP contribution in [-0.4, -0.2) is 20.8 Å². The van der Waals surface area contributed by atoms with Crippen LogP contribution in [-0.2, 0) is 20.0 Å². The molecule has 0 bridgehead atoms. The second kappa shape index (κ2) is 5.99. The molecular weight excluding hydrogens is 284 g/mol. The molecule has 1 atom stereocenters. The number of aryl methyl sites for hydroxylation is 1. The predicted octanol–water partition coefficient (Wildman–Crippen LogP) is 3.81. The van der Waals surface area contributed by atoms with E-state index in [0.717, 1.165) is 12.4 Å². The molecule has 0 saturated heterocycles. The van der Waals surface area contributed by atoms with Crippen molar-refractivity contribution in [1.82, 2.24) is 14.8 Å². The van der Waals surface area contributed by atoms with Crippen molar-refractivity contribution in [3.05, 3.63) is 41.5 Å². The quantitative estimate of drug-likeness (QED) is 0.861. The maximum atomic E-state index is 4.53. The Morgan fingerprint density at radius 3 is 2.70 bits per heavy atom. The first-order valence-electron chi connectivity index (χ1n) is 9.00. The van der Waals surface area contributed by atoms with Crippen LogP contribution >= 0.6 is 0 Å². The smallest absolute Gasteiger partial charge is 0.152 e. The van der Waals surface area contributed by atoms with Gasteiger partial charge >= 0.3 is 0 Å². The molecule has 0 spiro atoms. The Kier molecular flexibility index (Phi) is 3.83. The van der Waals surface area contributed by atoms with Crippen LogP contribution in [0.4, 0.5) is 5.69 Å². The Bertz CT molecular complexity index is 686. The Hall–Kier alpha value is -1.84. The van der Waals surface area contributed by atoms with Gasteiger partial charge in [0.15, 0.2) is 5.82 Å². The minimum atomic E-state index is 0.605. The minimum absolute atomic E-state index is 0.605. The van der Waals surface area contributed by atoms with Crippen molar-refractivity contribution in [2.24, 2.45) is 7.05 Å². The maximum absolute atomic E-state index is 4.53. The molecule has 122 valence electrons. The zero-order valence-corrected chi connectivity index (χ0v) is 14.2. The minimum Gasteiger partial charge on any atom is -0.361 e. The third kappa shape index (κ3) is 2.54. The lowest BCUT2D eigenvalue weighted by molar-refractivity contribution is 0.391. The SMILES string of the molecule is CCC1CCc2ccccc2N1Cc1nnc(C2CCC2)n1C. The zero-order chi connectivity index (χ0) is 15.8. The molecule has 0 N–H and O–H groups in total. The van der Waals surface area contributed by atoms with Crippen LogP contribution < -0.4 is 4.90 Å². The first-order chi connectivity index (χ1) is 11.3. The number of nitrogens with zero attached hydrogens (tertiary/aromatic N) is 4. The van der Waals surface area contributed by atoms with Gasteiger partial charge in [-0.2, -0.15) is 0 Å². The summed E-state index contributed by atoms with van der Waals surface area (Å²) < 4.78 is 2.24. The van der Waals surface area contributed by atoms with Crippen LogP contribution in [0.15, 0.2) is 24.3 Å². The fraction of sp³-hybridized carbons (Fsp3) is 0.579. The number of hydrogen-bond donors (Lipinski definition) is 0. The highest BCUT2D eigenvalue weighted by Crippen LogP contribution is 2.36. The maximum Gasteiger partial charge on any atom is 0.152 e. The molecule has 2 aliphatic rings. The van der Waals surface area contributed by atoms with Crippen molar-refractivity contribution in [2.75, 3.05) is 4.90 Å². The van der Waals surface area contributed by atoms with E-state index < -0.39 is 0 Å². The summed E-state index contributed by atoms with van der Waals surface area (Å²) in [4.78, 5) is 2.55. The Morgan fingerprint density at radius 2 is 1.96 bits per heavy atom. The van der Waals surface area contributed by atoms with Gasteiger partial charge < -0.3 is 9.47 Å². The number of anilines is 1. The van der Waals surface area contributed by atoms with Gasteiger partial charge in [0.05, 0.1) is 6.54 Å². The number of hydrogen-bond acceptors (Lipinski definition) is 3. The van der Waals surface area contributed by atoms with E-state index in [0.29, 0.717) is 12.0 Å². The van der Waals surface area contributed by atoms with E-state index in [9.17, 15) is 0 Å². The van der Waals surface area contributed by atoms with E-state index in [-0.39, 0.29) is 0 Å². The van der Waals surface area contributed by atoms with Gasteiger partial charge in [-0.25, -0.2) is 0 Å². The molecule has 0 radical (unpaired) electrons. The molecule has 1 aromatic heterocycles. The van der Waals surface area contributed by atoms with Gasteiger partial charge in [0.25, 0.3) is 0 Å². The number of aromatic nitrogens is 3. The van der Waals surface area contributed by atoms with Gasteiger partial charge in [-0.15, -0.1) is 10.2 Å². The first kappa shape index (κ1) is 14.7. The molecule has 23 heavy (non-hydrogen) atoms. The Labute approximate surface area is 138 Å². The summed E-state index contributed by atoms with van der Waals surface area (Å²) in [5.74, 6) is 2.92. The molecule has 4 rings (SSSR count). The van der Waals surface area contributed by atoms with Crippen molar-refractivity contribution < 1.29 is 0 Å². The highest BCUT2D eigenvalue weighted by Gasteiger charge is 2.28. The third-order valence-electron chi connectivity index (χ3n) is 5.74. The van der Waals surface area contributed by atoms with E-state index in [1.807, 2.05) is 0 Å². The van der Waals surface area contributed by atoms with Gasteiger partial charge in [0.2, 0.25) is 0 Å². The molecule has 1 aromatic carbocycles. The molecule has 0 amide bonds. The van der Waals surface area contributed by atoms with Crippen molar-refractivity contribution in [3.8, 4) is 0 Å². The second-order valence-corrected chi connectivity index (χ2v) is 7.02. The highest BCUT2D eigenvalue weighted by atomic mass is 15.3. The number of benzene rings is 1. The summed E-state index contributed by atoms with van der Waals surface area (Å²) in [6, 6.07) is 9.44. The summed E-state index contributed by atoms with van der Waals surface area (Å²) in [5.41, 5.74) is 2.86. The van der Waals surface area contributed by atoms with E-state index >= 15 is 0 Å². The topological polar surface area (TPSA) is 34.0 Å². The Morgan fingerprint density at radius 1 is 1.13 bits per heavy atom. The fourth-order valence-corrected chi connectivity index (χ4v) is 4.00. The highest BCUT2D eigenvalue weighted by molar-refractivity contribution is 5.56. The number of rotatable bonds is 4. The van der Waals surface area contributed by atoms with Crippen LogP contribution in [0.2, 0.25) is 0 Å². The monoisotopic (exact) mass is 310 g/mol. The molecule has 1 aliphatic heterocycles. The second-order valence-electron chi connectivity index (χ2n) is 7.02. The average Bonchev–Trinajstić information content (AvgIpc) is 2.87. The largest absolute Gasteiger partial charge is 0.361 e. The van der Waals surface area contributed by atoms with E-state index in [1.54, 1.807) is 0 Å². The standard InChI is InChI=1S/C19H26N4/c1-3-16-12-11-14-7-4-5-10-17(14)23(16)13-18-20-21-19(22(18)2)15-8-6-9-15/h4-5,7,10,15-16H,3,6,8-9,11-13H2,1-2H3. The van der Waals surface area contributed by atoms with E-state index in [2.05, 4.69) is 57.9 Å². The number of fused-ring (bicyclic) bond motifs is 1. The van der Waals surface area contributed by atoms with E-state index in [1.165, 1.54) is 55.6 Å². The summed E-state index contributed by atoms with van der Waals surface area (Å²) >= 11 is 0. The molecule has 1 unspecified atom stereocenters. The van der Waals surface area contributed by atoms with Gasteiger partial charge in [-0.05, 0) is 43.7 Å². The van der Waals surface area contributed by atoms with Gasteiger partial charge in [0, 0.05) is 24.7 Å². The third-order valence-corrected chi connectivity index (χ3v) is 5.74. The first-order valence-corrected chi connectivity index (χ1v) is 9.00. The molecule has 1 saturated carbocycles. The molecular formula is C19H26N4. The van der Waals surface area contributed by atoms with Crippen molar-refractivity contribution >= 4 is 5.69 Å². The van der Waals surface area contributed by atoms with E-state index in [4.69, 9.17) is 0 Å². The summed E-state index contributed by atoms with van der Waals surface area (Å²) in [6.07, 6.45) is 7.50. The number of para-hydroxylation sites is 1. The van der Waals surface area contributed by atoms with Gasteiger partial charge in [-0.3, -0.25) is 0 Å². The normalized spacial score (nSPS) is 21.1.